The molecule has 1 fully saturated rings. The number of carbonyl (C=O) groups is 1. The molecule has 2 unspecified atom stereocenters. The zero-order chi connectivity index (χ0) is 13.9. The van der Waals surface area contributed by atoms with Crippen molar-refractivity contribution in [1.82, 2.24) is 15.6 Å². The lowest BCUT2D eigenvalue weighted by Crippen LogP contribution is -2.53. The van der Waals surface area contributed by atoms with E-state index in [0.717, 1.165) is 38.0 Å². The molecule has 0 spiro atoms. The number of aryl methyl sites for hydroxylation is 1. The molecule has 106 valence electrons. The average molecular weight is 265 g/mol. The van der Waals surface area contributed by atoms with Gasteiger partial charge in [-0.05, 0) is 39.7 Å². The fourth-order valence-corrected chi connectivity index (χ4v) is 2.72. The van der Waals surface area contributed by atoms with Crippen molar-refractivity contribution < 1.29 is 9.21 Å². The summed E-state index contributed by atoms with van der Waals surface area (Å²) in [7, 11) is 0. The molecule has 0 saturated carbocycles. The standard InChI is InChI=1S/C14H23N3O2/c1-4-6-14(7-5-8-16-14)13(18)17-11(3)12-15-9-10(2)19-12/h9,11,16H,4-8H2,1-3H3,(H,17,18). The third-order valence-electron chi connectivity index (χ3n) is 3.71. The topological polar surface area (TPSA) is 67.2 Å². The van der Waals surface area contributed by atoms with Crippen molar-refractivity contribution in [3.05, 3.63) is 17.8 Å². The summed E-state index contributed by atoms with van der Waals surface area (Å²) in [6.45, 7) is 6.77. The minimum absolute atomic E-state index is 0.0650. The van der Waals surface area contributed by atoms with Crippen LogP contribution < -0.4 is 10.6 Å². The first-order chi connectivity index (χ1) is 9.07. The van der Waals surface area contributed by atoms with Crippen molar-refractivity contribution in [1.29, 1.82) is 0 Å². The Hall–Kier alpha value is -1.36. The Balaban J connectivity index is 2.03. The molecule has 1 aromatic rings. The highest BCUT2D eigenvalue weighted by Crippen LogP contribution is 2.26. The number of oxazole rings is 1. The summed E-state index contributed by atoms with van der Waals surface area (Å²) >= 11 is 0. The van der Waals surface area contributed by atoms with Gasteiger partial charge in [0, 0.05) is 0 Å². The van der Waals surface area contributed by atoms with E-state index in [4.69, 9.17) is 4.42 Å². The summed E-state index contributed by atoms with van der Waals surface area (Å²) in [5.74, 6) is 1.39. The predicted octanol–water partition coefficient (Wildman–Crippen LogP) is 2.08. The van der Waals surface area contributed by atoms with Gasteiger partial charge < -0.3 is 15.1 Å². The highest BCUT2D eigenvalue weighted by Gasteiger charge is 2.40. The minimum atomic E-state index is -0.398. The highest BCUT2D eigenvalue weighted by molar-refractivity contribution is 5.86. The molecule has 0 radical (unpaired) electrons. The third kappa shape index (κ3) is 2.97. The van der Waals surface area contributed by atoms with Crippen LogP contribution in [-0.4, -0.2) is 23.0 Å². The second-order valence-corrected chi connectivity index (χ2v) is 5.37. The second kappa shape index (κ2) is 5.74. The van der Waals surface area contributed by atoms with Crippen LogP contribution in [0.3, 0.4) is 0 Å². The van der Waals surface area contributed by atoms with E-state index in [0.29, 0.717) is 5.89 Å². The van der Waals surface area contributed by atoms with Crippen molar-refractivity contribution in [2.45, 2.75) is 58.0 Å². The Labute approximate surface area is 114 Å². The maximum Gasteiger partial charge on any atom is 0.240 e. The van der Waals surface area contributed by atoms with Gasteiger partial charge in [0.05, 0.1) is 11.7 Å². The van der Waals surface area contributed by atoms with Crippen LogP contribution in [0.25, 0.3) is 0 Å². The van der Waals surface area contributed by atoms with E-state index in [1.54, 1.807) is 6.20 Å². The fourth-order valence-electron chi connectivity index (χ4n) is 2.72. The fraction of sp³-hybridized carbons (Fsp3) is 0.714. The van der Waals surface area contributed by atoms with Gasteiger partial charge in [-0.2, -0.15) is 0 Å². The van der Waals surface area contributed by atoms with Crippen molar-refractivity contribution >= 4 is 5.91 Å². The summed E-state index contributed by atoms with van der Waals surface area (Å²) in [5, 5.41) is 6.39. The molecule has 1 aliphatic rings. The zero-order valence-corrected chi connectivity index (χ0v) is 12.0. The number of rotatable bonds is 5. The number of nitrogens with zero attached hydrogens (tertiary/aromatic N) is 1. The van der Waals surface area contributed by atoms with E-state index < -0.39 is 5.54 Å². The van der Waals surface area contributed by atoms with Crippen LogP contribution >= 0.6 is 0 Å². The average Bonchev–Trinajstić information content (AvgIpc) is 2.99. The molecule has 2 heterocycles. The van der Waals surface area contributed by atoms with E-state index in [1.807, 2.05) is 13.8 Å². The molecule has 0 aromatic carbocycles. The molecular formula is C14H23N3O2. The van der Waals surface area contributed by atoms with Gasteiger partial charge in [0.25, 0.3) is 0 Å². The second-order valence-electron chi connectivity index (χ2n) is 5.37. The molecule has 0 aliphatic carbocycles. The molecule has 5 heteroatoms. The summed E-state index contributed by atoms with van der Waals surface area (Å²) < 4.78 is 5.46. The Morgan fingerprint density at radius 3 is 3.00 bits per heavy atom. The van der Waals surface area contributed by atoms with Crippen LogP contribution in [0.15, 0.2) is 10.6 Å². The quantitative estimate of drug-likeness (QED) is 0.855. The Kier molecular flexibility index (Phi) is 4.24. The molecule has 1 amide bonds. The molecule has 5 nitrogen and oxygen atoms in total. The van der Waals surface area contributed by atoms with Gasteiger partial charge in [0.1, 0.15) is 11.8 Å². The van der Waals surface area contributed by atoms with E-state index in [2.05, 4.69) is 22.5 Å². The molecule has 1 saturated heterocycles. The first-order valence-electron chi connectivity index (χ1n) is 7.06. The number of amides is 1. The van der Waals surface area contributed by atoms with Gasteiger partial charge in [-0.3, -0.25) is 4.79 Å². The van der Waals surface area contributed by atoms with E-state index in [1.165, 1.54) is 0 Å². The van der Waals surface area contributed by atoms with Crippen molar-refractivity contribution in [2.24, 2.45) is 0 Å². The number of hydrogen-bond acceptors (Lipinski definition) is 4. The molecule has 1 aliphatic heterocycles. The first-order valence-corrected chi connectivity index (χ1v) is 7.06. The van der Waals surface area contributed by atoms with E-state index >= 15 is 0 Å². The zero-order valence-electron chi connectivity index (χ0n) is 12.0. The molecule has 2 rings (SSSR count). The van der Waals surface area contributed by atoms with E-state index in [-0.39, 0.29) is 11.9 Å². The maximum absolute atomic E-state index is 12.5. The van der Waals surface area contributed by atoms with Crippen molar-refractivity contribution in [3.63, 3.8) is 0 Å². The molecule has 2 N–H and O–H groups in total. The van der Waals surface area contributed by atoms with Gasteiger partial charge in [-0.25, -0.2) is 4.98 Å². The smallest absolute Gasteiger partial charge is 0.240 e. The first kappa shape index (κ1) is 14.1. The minimum Gasteiger partial charge on any atom is -0.444 e. The maximum atomic E-state index is 12.5. The number of nitrogens with one attached hydrogen (secondary N) is 2. The molecule has 0 bridgehead atoms. The monoisotopic (exact) mass is 265 g/mol. The number of aromatic nitrogens is 1. The molecule has 19 heavy (non-hydrogen) atoms. The lowest BCUT2D eigenvalue weighted by Gasteiger charge is -2.29. The Morgan fingerprint density at radius 2 is 2.47 bits per heavy atom. The largest absolute Gasteiger partial charge is 0.444 e. The van der Waals surface area contributed by atoms with Crippen LogP contribution in [0.2, 0.25) is 0 Å². The summed E-state index contributed by atoms with van der Waals surface area (Å²) in [6, 6.07) is -0.197. The molecule has 1 aromatic heterocycles. The lowest BCUT2D eigenvalue weighted by molar-refractivity contribution is -0.128. The number of carbonyl (C=O) groups excluding carboxylic acids is 1. The Bertz CT molecular complexity index is 436. The normalized spacial score (nSPS) is 24.4. The summed E-state index contributed by atoms with van der Waals surface area (Å²) in [6.07, 6.45) is 5.50. The molecular weight excluding hydrogens is 242 g/mol. The number of hydrogen-bond donors (Lipinski definition) is 2. The van der Waals surface area contributed by atoms with Gasteiger partial charge in [0.15, 0.2) is 0 Å². The van der Waals surface area contributed by atoms with Gasteiger partial charge in [-0.1, -0.05) is 13.3 Å². The van der Waals surface area contributed by atoms with Gasteiger partial charge >= 0.3 is 0 Å². The predicted molar refractivity (Wildman–Crippen MR) is 72.7 cm³/mol. The summed E-state index contributed by atoms with van der Waals surface area (Å²) in [4.78, 5) is 16.7. The van der Waals surface area contributed by atoms with Gasteiger partial charge in [-0.15, -0.1) is 0 Å². The van der Waals surface area contributed by atoms with Gasteiger partial charge in [0.2, 0.25) is 11.8 Å². The van der Waals surface area contributed by atoms with Crippen LogP contribution in [-0.2, 0) is 4.79 Å². The highest BCUT2D eigenvalue weighted by atomic mass is 16.4. The van der Waals surface area contributed by atoms with Crippen molar-refractivity contribution in [2.75, 3.05) is 6.54 Å². The SMILES string of the molecule is CCCC1(C(=O)NC(C)c2ncc(C)o2)CCCN1. The van der Waals surface area contributed by atoms with E-state index in [9.17, 15) is 4.79 Å². The van der Waals surface area contributed by atoms with Crippen molar-refractivity contribution in [3.8, 4) is 0 Å². The molecule has 2 atom stereocenters. The lowest BCUT2D eigenvalue weighted by atomic mass is 9.90. The van der Waals surface area contributed by atoms with Crippen LogP contribution in [0.5, 0.6) is 0 Å². The third-order valence-corrected chi connectivity index (χ3v) is 3.71. The van der Waals surface area contributed by atoms with Crippen LogP contribution in [0.4, 0.5) is 0 Å². The Morgan fingerprint density at radius 1 is 1.68 bits per heavy atom. The summed E-state index contributed by atoms with van der Waals surface area (Å²) in [5.41, 5.74) is -0.398. The van der Waals surface area contributed by atoms with Crippen LogP contribution in [0.1, 0.15) is 57.2 Å². The van der Waals surface area contributed by atoms with Crippen LogP contribution in [0, 0.1) is 6.92 Å².